The first kappa shape index (κ1) is 12.4. The second-order valence-electron chi connectivity index (χ2n) is 4.16. The molecule has 2 atom stereocenters. The number of aliphatic hydroxyl groups excluding tert-OH is 1. The molecule has 94 valence electrons. The molecular formula is C14H15NO3. The molecule has 0 aliphatic rings. The normalized spacial score (nSPS) is 14.1. The molecule has 4 heteroatoms. The monoisotopic (exact) mass is 245 g/mol. The average Bonchev–Trinajstić information content (AvgIpc) is 2.36. The smallest absolute Gasteiger partial charge is 0.404 e. The minimum absolute atomic E-state index is 0.687. The topological polar surface area (TPSA) is 72.5 Å². The predicted octanol–water partition coefficient (Wildman–Crippen LogP) is 2.36. The summed E-state index contributed by atoms with van der Waals surface area (Å²) < 4.78 is 4.80. The first-order chi connectivity index (χ1) is 8.59. The van der Waals surface area contributed by atoms with E-state index in [1.54, 1.807) is 6.92 Å². The minimum atomic E-state index is -0.899. The van der Waals surface area contributed by atoms with Crippen molar-refractivity contribution >= 4 is 16.9 Å². The highest BCUT2D eigenvalue weighted by atomic mass is 16.6. The number of hydrogen-bond donors (Lipinski definition) is 2. The van der Waals surface area contributed by atoms with E-state index >= 15 is 0 Å². The molecule has 2 aromatic carbocycles. The molecule has 0 spiro atoms. The summed E-state index contributed by atoms with van der Waals surface area (Å²) in [7, 11) is 0. The van der Waals surface area contributed by atoms with Crippen molar-refractivity contribution in [1.82, 2.24) is 0 Å². The first-order valence-electron chi connectivity index (χ1n) is 5.71. The second kappa shape index (κ2) is 5.06. The zero-order chi connectivity index (χ0) is 13.1. The molecule has 0 heterocycles. The Bertz CT molecular complexity index is 562. The van der Waals surface area contributed by atoms with E-state index in [1.165, 1.54) is 0 Å². The summed E-state index contributed by atoms with van der Waals surface area (Å²) in [6.45, 7) is 1.61. The second-order valence-corrected chi connectivity index (χ2v) is 4.16. The Morgan fingerprint density at radius 2 is 1.89 bits per heavy atom. The van der Waals surface area contributed by atoms with Crippen LogP contribution in [0.1, 0.15) is 18.6 Å². The zero-order valence-electron chi connectivity index (χ0n) is 10.0. The molecule has 0 unspecified atom stereocenters. The van der Waals surface area contributed by atoms with Gasteiger partial charge in [0.05, 0.1) is 0 Å². The van der Waals surface area contributed by atoms with Crippen LogP contribution >= 0.6 is 0 Å². The Kier molecular flexibility index (Phi) is 3.48. The van der Waals surface area contributed by atoms with E-state index in [4.69, 9.17) is 10.5 Å². The van der Waals surface area contributed by atoms with E-state index < -0.39 is 18.3 Å². The zero-order valence-corrected chi connectivity index (χ0v) is 10.0. The maximum absolute atomic E-state index is 10.7. The number of rotatable bonds is 3. The molecule has 2 rings (SSSR count). The SMILES string of the molecule is C[C@H](OC(N)=O)[C@@H](O)c1cccc2ccccc12. The summed E-state index contributed by atoms with van der Waals surface area (Å²) in [6, 6.07) is 13.4. The average molecular weight is 245 g/mol. The molecule has 0 aliphatic heterocycles. The van der Waals surface area contributed by atoms with Gasteiger partial charge in [-0.3, -0.25) is 0 Å². The van der Waals surface area contributed by atoms with Gasteiger partial charge in [-0.25, -0.2) is 4.79 Å². The van der Waals surface area contributed by atoms with E-state index in [0.717, 1.165) is 16.3 Å². The van der Waals surface area contributed by atoms with Crippen LogP contribution < -0.4 is 5.73 Å². The van der Waals surface area contributed by atoms with Crippen LogP contribution in [-0.4, -0.2) is 17.3 Å². The number of benzene rings is 2. The maximum Gasteiger partial charge on any atom is 0.404 e. The molecule has 0 fully saturated rings. The lowest BCUT2D eigenvalue weighted by atomic mass is 9.98. The van der Waals surface area contributed by atoms with Gasteiger partial charge in [0.1, 0.15) is 12.2 Å². The Labute approximate surface area is 105 Å². The van der Waals surface area contributed by atoms with Crippen LogP contribution in [0.15, 0.2) is 42.5 Å². The van der Waals surface area contributed by atoms with Crippen LogP contribution in [0, 0.1) is 0 Å². The summed E-state index contributed by atoms with van der Waals surface area (Å²) >= 11 is 0. The van der Waals surface area contributed by atoms with Gasteiger partial charge in [-0.2, -0.15) is 0 Å². The molecule has 0 aliphatic carbocycles. The van der Waals surface area contributed by atoms with Gasteiger partial charge in [0.2, 0.25) is 0 Å². The number of aliphatic hydroxyl groups is 1. The van der Waals surface area contributed by atoms with Crippen molar-refractivity contribution in [2.75, 3.05) is 0 Å². The van der Waals surface area contributed by atoms with Crippen molar-refractivity contribution in [3.05, 3.63) is 48.0 Å². The van der Waals surface area contributed by atoms with E-state index in [-0.39, 0.29) is 0 Å². The maximum atomic E-state index is 10.7. The fraction of sp³-hybridized carbons (Fsp3) is 0.214. The van der Waals surface area contributed by atoms with Crippen molar-refractivity contribution in [2.24, 2.45) is 5.73 Å². The molecule has 18 heavy (non-hydrogen) atoms. The van der Waals surface area contributed by atoms with Gasteiger partial charge in [0.25, 0.3) is 0 Å². The van der Waals surface area contributed by atoms with Crippen LogP contribution in [0.5, 0.6) is 0 Å². The molecule has 0 saturated carbocycles. The Morgan fingerprint density at radius 3 is 2.61 bits per heavy atom. The van der Waals surface area contributed by atoms with Crippen LogP contribution in [0.25, 0.3) is 10.8 Å². The third-order valence-electron chi connectivity index (χ3n) is 2.89. The van der Waals surface area contributed by atoms with Crippen LogP contribution in [0.3, 0.4) is 0 Å². The summed E-state index contributed by atoms with van der Waals surface area (Å²) in [5.41, 5.74) is 5.67. The number of nitrogens with two attached hydrogens (primary N) is 1. The first-order valence-corrected chi connectivity index (χ1v) is 5.71. The Balaban J connectivity index is 2.38. The molecule has 0 saturated heterocycles. The third kappa shape index (κ3) is 2.43. The lowest BCUT2D eigenvalue weighted by Crippen LogP contribution is -2.25. The van der Waals surface area contributed by atoms with E-state index in [2.05, 4.69) is 0 Å². The highest BCUT2D eigenvalue weighted by Crippen LogP contribution is 2.27. The van der Waals surface area contributed by atoms with Crippen molar-refractivity contribution in [3.63, 3.8) is 0 Å². The largest absolute Gasteiger partial charge is 0.444 e. The predicted molar refractivity (Wildman–Crippen MR) is 69.0 cm³/mol. The Morgan fingerprint density at radius 1 is 1.22 bits per heavy atom. The van der Waals surface area contributed by atoms with Crippen LogP contribution in [0.4, 0.5) is 4.79 Å². The number of carbonyl (C=O) groups is 1. The van der Waals surface area contributed by atoms with Gasteiger partial charge in [-0.1, -0.05) is 42.5 Å². The number of primary amides is 1. The summed E-state index contributed by atoms with van der Waals surface area (Å²) in [5, 5.41) is 12.2. The van der Waals surface area contributed by atoms with Crippen molar-refractivity contribution in [3.8, 4) is 0 Å². The number of amides is 1. The van der Waals surface area contributed by atoms with Gasteiger partial charge in [-0.05, 0) is 23.3 Å². The van der Waals surface area contributed by atoms with Crippen molar-refractivity contribution in [1.29, 1.82) is 0 Å². The van der Waals surface area contributed by atoms with Crippen molar-refractivity contribution < 1.29 is 14.6 Å². The summed E-state index contributed by atoms with van der Waals surface area (Å²) in [6.07, 6.45) is -2.47. The number of carbonyl (C=O) groups excluding carboxylic acids is 1. The van der Waals surface area contributed by atoms with Crippen LogP contribution in [-0.2, 0) is 4.74 Å². The highest BCUT2D eigenvalue weighted by Gasteiger charge is 2.20. The van der Waals surface area contributed by atoms with E-state index in [1.807, 2.05) is 42.5 Å². The summed E-state index contributed by atoms with van der Waals surface area (Å²) in [5.74, 6) is 0. The summed E-state index contributed by atoms with van der Waals surface area (Å²) in [4.78, 5) is 10.7. The molecule has 1 amide bonds. The highest BCUT2D eigenvalue weighted by molar-refractivity contribution is 5.86. The van der Waals surface area contributed by atoms with Gasteiger partial charge >= 0.3 is 6.09 Å². The minimum Gasteiger partial charge on any atom is -0.444 e. The molecule has 0 bridgehead atoms. The standard InChI is InChI=1S/C14H15NO3/c1-9(18-14(15)17)13(16)12-8-4-6-10-5-2-3-7-11(10)12/h2-9,13,16H,1H3,(H2,15,17)/t9-,13+/m0/s1. The fourth-order valence-electron chi connectivity index (χ4n) is 2.01. The number of ether oxygens (including phenoxy) is 1. The third-order valence-corrected chi connectivity index (χ3v) is 2.89. The van der Waals surface area contributed by atoms with Gasteiger partial charge in [0.15, 0.2) is 0 Å². The van der Waals surface area contributed by atoms with E-state index in [9.17, 15) is 9.90 Å². The lowest BCUT2D eigenvalue weighted by molar-refractivity contribution is 0.0165. The fourth-order valence-corrected chi connectivity index (χ4v) is 2.01. The molecular weight excluding hydrogens is 230 g/mol. The lowest BCUT2D eigenvalue weighted by Gasteiger charge is -2.20. The molecule has 0 radical (unpaired) electrons. The van der Waals surface area contributed by atoms with Crippen LogP contribution in [0.2, 0.25) is 0 Å². The molecule has 3 N–H and O–H groups in total. The van der Waals surface area contributed by atoms with Gasteiger partial charge in [-0.15, -0.1) is 0 Å². The quantitative estimate of drug-likeness (QED) is 0.871. The van der Waals surface area contributed by atoms with Gasteiger partial charge in [0, 0.05) is 0 Å². The molecule has 0 aromatic heterocycles. The van der Waals surface area contributed by atoms with Gasteiger partial charge < -0.3 is 15.6 Å². The molecule has 4 nitrogen and oxygen atoms in total. The number of hydrogen-bond acceptors (Lipinski definition) is 3. The van der Waals surface area contributed by atoms with E-state index in [0.29, 0.717) is 0 Å². The van der Waals surface area contributed by atoms with Crippen molar-refractivity contribution in [2.45, 2.75) is 19.1 Å². The molecule has 2 aromatic rings. The Hall–Kier alpha value is -2.07. The number of fused-ring (bicyclic) bond motifs is 1.